The minimum absolute atomic E-state index is 0.199. The van der Waals surface area contributed by atoms with Gasteiger partial charge in [0.1, 0.15) is 0 Å². The predicted molar refractivity (Wildman–Crippen MR) is 91.0 cm³/mol. The van der Waals surface area contributed by atoms with Crippen LogP contribution in [0.4, 0.5) is 0 Å². The summed E-state index contributed by atoms with van der Waals surface area (Å²) in [7, 11) is 0. The monoisotopic (exact) mass is 325 g/mol. The summed E-state index contributed by atoms with van der Waals surface area (Å²) in [5.41, 5.74) is 0.715. The minimum Gasteiger partial charge on any atom is -0.340 e. The Morgan fingerprint density at radius 1 is 1.21 bits per heavy atom. The van der Waals surface area contributed by atoms with Crippen molar-refractivity contribution in [1.82, 2.24) is 14.8 Å². The van der Waals surface area contributed by atoms with Crippen LogP contribution >= 0.6 is 0 Å². The maximum atomic E-state index is 12.4. The van der Waals surface area contributed by atoms with Gasteiger partial charge >= 0.3 is 0 Å². The number of carbonyl (C=O) groups is 1. The Morgan fingerprint density at radius 3 is 2.62 bits per heavy atom. The Bertz CT molecular complexity index is 623. The SMILES string of the molecule is C#CCCC1(CCC(=O)N2CCN(Cc3ccccn3)CC2)N=N1. The topological polar surface area (TPSA) is 61.2 Å². The number of carbonyl (C=O) groups excluding carboxylic acids is 1. The van der Waals surface area contributed by atoms with Gasteiger partial charge in [0.2, 0.25) is 5.91 Å². The molecule has 2 aliphatic rings. The quantitative estimate of drug-likeness (QED) is 0.721. The Morgan fingerprint density at radius 2 is 2.00 bits per heavy atom. The van der Waals surface area contributed by atoms with E-state index >= 15 is 0 Å². The Labute approximate surface area is 143 Å². The van der Waals surface area contributed by atoms with E-state index in [9.17, 15) is 4.79 Å². The van der Waals surface area contributed by atoms with Crippen molar-refractivity contribution in [2.45, 2.75) is 37.9 Å². The van der Waals surface area contributed by atoms with Gasteiger partial charge in [-0.1, -0.05) is 6.07 Å². The summed E-state index contributed by atoms with van der Waals surface area (Å²) in [4.78, 5) is 21.0. The van der Waals surface area contributed by atoms with E-state index in [4.69, 9.17) is 6.42 Å². The molecule has 1 amide bonds. The maximum Gasteiger partial charge on any atom is 0.222 e. The van der Waals surface area contributed by atoms with Crippen molar-refractivity contribution in [1.29, 1.82) is 0 Å². The molecule has 3 rings (SSSR count). The van der Waals surface area contributed by atoms with Crippen LogP contribution in [0.2, 0.25) is 0 Å². The molecular weight excluding hydrogens is 302 g/mol. The number of pyridine rings is 1. The van der Waals surface area contributed by atoms with Gasteiger partial charge in [0.15, 0.2) is 5.66 Å². The van der Waals surface area contributed by atoms with Crippen LogP contribution in [0, 0.1) is 12.3 Å². The zero-order valence-corrected chi connectivity index (χ0v) is 13.9. The van der Waals surface area contributed by atoms with E-state index in [1.807, 2.05) is 29.3 Å². The van der Waals surface area contributed by atoms with Gasteiger partial charge in [0.25, 0.3) is 0 Å². The first-order valence-electron chi connectivity index (χ1n) is 8.48. The summed E-state index contributed by atoms with van der Waals surface area (Å²) >= 11 is 0. The fourth-order valence-electron chi connectivity index (χ4n) is 3.01. The third-order valence-electron chi connectivity index (χ3n) is 4.63. The van der Waals surface area contributed by atoms with E-state index in [-0.39, 0.29) is 11.6 Å². The van der Waals surface area contributed by atoms with Crippen LogP contribution in [0.25, 0.3) is 0 Å². The van der Waals surface area contributed by atoms with Gasteiger partial charge in [-0.25, -0.2) is 0 Å². The maximum absolute atomic E-state index is 12.4. The molecule has 0 aromatic carbocycles. The molecule has 24 heavy (non-hydrogen) atoms. The lowest BCUT2D eigenvalue weighted by Crippen LogP contribution is -2.48. The van der Waals surface area contributed by atoms with Gasteiger partial charge in [0.05, 0.1) is 5.69 Å². The van der Waals surface area contributed by atoms with Gasteiger partial charge in [-0.2, -0.15) is 10.2 Å². The van der Waals surface area contributed by atoms with Crippen LogP contribution in [0.15, 0.2) is 34.6 Å². The molecule has 0 unspecified atom stereocenters. The number of piperazine rings is 1. The van der Waals surface area contributed by atoms with Crippen LogP contribution in [-0.4, -0.2) is 52.5 Å². The molecule has 0 aliphatic carbocycles. The van der Waals surface area contributed by atoms with Crippen LogP contribution in [0.5, 0.6) is 0 Å². The molecule has 1 saturated heterocycles. The molecule has 0 radical (unpaired) electrons. The minimum atomic E-state index is -0.358. The first-order valence-corrected chi connectivity index (χ1v) is 8.48. The van der Waals surface area contributed by atoms with Gasteiger partial charge in [-0.3, -0.25) is 14.7 Å². The highest BCUT2D eigenvalue weighted by atomic mass is 16.2. The smallest absolute Gasteiger partial charge is 0.222 e. The van der Waals surface area contributed by atoms with Crippen molar-refractivity contribution in [3.63, 3.8) is 0 Å². The van der Waals surface area contributed by atoms with Crippen molar-refractivity contribution >= 4 is 5.91 Å². The molecule has 0 atom stereocenters. The standard InChI is InChI=1S/C18H23N5O/c1-2-3-8-18(20-21-18)9-7-17(24)23-13-11-22(12-14-23)15-16-6-4-5-10-19-16/h1,4-6,10H,3,7-9,11-15H2. The Balaban J connectivity index is 1.38. The molecule has 1 aromatic heterocycles. The summed E-state index contributed by atoms with van der Waals surface area (Å²) in [6.45, 7) is 4.17. The number of hydrogen-bond acceptors (Lipinski definition) is 5. The van der Waals surface area contributed by atoms with E-state index in [0.29, 0.717) is 19.3 Å². The van der Waals surface area contributed by atoms with Gasteiger partial charge in [0, 0.05) is 64.6 Å². The lowest BCUT2D eigenvalue weighted by atomic mass is 10.0. The third-order valence-corrected chi connectivity index (χ3v) is 4.63. The van der Waals surface area contributed by atoms with Crippen LogP contribution in [-0.2, 0) is 11.3 Å². The summed E-state index contributed by atoms with van der Waals surface area (Å²) < 4.78 is 0. The lowest BCUT2D eigenvalue weighted by molar-refractivity contribution is -0.133. The predicted octanol–water partition coefficient (Wildman–Crippen LogP) is 2.08. The number of aromatic nitrogens is 1. The van der Waals surface area contributed by atoms with Crippen LogP contribution in [0.3, 0.4) is 0 Å². The van der Waals surface area contributed by atoms with Crippen LogP contribution in [0.1, 0.15) is 31.4 Å². The molecule has 6 nitrogen and oxygen atoms in total. The normalized spacial score (nSPS) is 19.0. The molecule has 1 aromatic rings. The summed E-state index contributed by atoms with van der Waals surface area (Å²) in [6, 6.07) is 5.97. The molecule has 2 aliphatic heterocycles. The number of terminal acetylenes is 1. The Hall–Kier alpha value is -2.26. The second-order valence-electron chi connectivity index (χ2n) is 6.36. The molecule has 0 bridgehead atoms. The van der Waals surface area contributed by atoms with E-state index in [2.05, 4.69) is 26.0 Å². The molecule has 1 fully saturated rings. The van der Waals surface area contributed by atoms with Crippen molar-refractivity contribution in [2.75, 3.05) is 26.2 Å². The number of nitrogens with zero attached hydrogens (tertiary/aromatic N) is 5. The number of amides is 1. The molecule has 126 valence electrons. The van der Waals surface area contributed by atoms with E-state index in [1.165, 1.54) is 0 Å². The summed E-state index contributed by atoms with van der Waals surface area (Å²) in [5.74, 6) is 2.81. The summed E-state index contributed by atoms with van der Waals surface area (Å²) in [6.07, 6.45) is 9.70. The average Bonchev–Trinajstić information content (AvgIpc) is 3.40. The molecule has 0 saturated carbocycles. The average molecular weight is 325 g/mol. The number of rotatable bonds is 7. The lowest BCUT2D eigenvalue weighted by Gasteiger charge is -2.34. The first kappa shape index (κ1) is 16.6. The fraction of sp³-hybridized carbons (Fsp3) is 0.556. The van der Waals surface area contributed by atoms with E-state index in [1.54, 1.807) is 0 Å². The van der Waals surface area contributed by atoms with Crippen molar-refractivity contribution in [3.8, 4) is 12.3 Å². The summed E-state index contributed by atoms with van der Waals surface area (Å²) in [5, 5.41) is 8.18. The fourth-order valence-corrected chi connectivity index (χ4v) is 3.01. The van der Waals surface area contributed by atoms with Crippen molar-refractivity contribution in [2.24, 2.45) is 10.2 Å². The van der Waals surface area contributed by atoms with E-state index < -0.39 is 0 Å². The van der Waals surface area contributed by atoms with Gasteiger partial charge < -0.3 is 4.90 Å². The Kier molecular flexibility index (Phi) is 5.21. The van der Waals surface area contributed by atoms with Gasteiger partial charge in [-0.05, 0) is 12.1 Å². The first-order chi connectivity index (χ1) is 11.7. The van der Waals surface area contributed by atoms with Crippen molar-refractivity contribution in [3.05, 3.63) is 30.1 Å². The highest BCUT2D eigenvalue weighted by Gasteiger charge is 2.39. The third kappa shape index (κ3) is 4.39. The molecule has 0 spiro atoms. The van der Waals surface area contributed by atoms with E-state index in [0.717, 1.165) is 44.8 Å². The number of hydrogen-bond donors (Lipinski definition) is 0. The molecule has 0 N–H and O–H groups in total. The van der Waals surface area contributed by atoms with Crippen molar-refractivity contribution < 1.29 is 4.79 Å². The molecule has 3 heterocycles. The zero-order chi connectivity index (χ0) is 16.8. The van der Waals surface area contributed by atoms with Crippen LogP contribution < -0.4 is 0 Å². The van der Waals surface area contributed by atoms with Gasteiger partial charge in [-0.15, -0.1) is 12.3 Å². The highest BCUT2D eigenvalue weighted by molar-refractivity contribution is 5.76. The zero-order valence-electron chi connectivity index (χ0n) is 13.9. The highest BCUT2D eigenvalue weighted by Crippen LogP contribution is 2.37. The molecule has 6 heteroatoms. The largest absolute Gasteiger partial charge is 0.340 e. The second kappa shape index (κ2) is 7.54. The molecular formula is C18H23N5O. The second-order valence-corrected chi connectivity index (χ2v) is 6.36.